The zero-order chi connectivity index (χ0) is 13.8. The number of nitrogens with zero attached hydrogens (tertiary/aromatic N) is 2. The van der Waals surface area contributed by atoms with Crippen LogP contribution in [-0.4, -0.2) is 17.0 Å². The Morgan fingerprint density at radius 1 is 1.26 bits per heavy atom. The molecule has 0 atom stereocenters. The van der Waals surface area contributed by atoms with Gasteiger partial charge >= 0.3 is 0 Å². The molecule has 1 heterocycles. The van der Waals surface area contributed by atoms with E-state index in [4.69, 9.17) is 11.6 Å². The summed E-state index contributed by atoms with van der Waals surface area (Å²) in [6, 6.07) is 5.66. The van der Waals surface area contributed by atoms with Crippen LogP contribution in [0.3, 0.4) is 0 Å². The smallest absolute Gasteiger partial charge is 0.139 e. The molecule has 6 heteroatoms. The fourth-order valence-corrected chi connectivity index (χ4v) is 2.34. The van der Waals surface area contributed by atoms with Gasteiger partial charge in [-0.2, -0.15) is 0 Å². The van der Waals surface area contributed by atoms with Crippen molar-refractivity contribution in [3.8, 4) is 0 Å². The first-order chi connectivity index (χ1) is 9.17. The van der Waals surface area contributed by atoms with Gasteiger partial charge in [0, 0.05) is 12.6 Å². The minimum absolute atomic E-state index is 0.658. The fraction of sp³-hybridized carbons (Fsp3) is 0.231. The van der Waals surface area contributed by atoms with Crippen molar-refractivity contribution in [2.75, 3.05) is 17.7 Å². The molecule has 0 saturated heterocycles. The van der Waals surface area contributed by atoms with E-state index >= 15 is 0 Å². The van der Waals surface area contributed by atoms with Gasteiger partial charge in [0.15, 0.2) is 0 Å². The Morgan fingerprint density at radius 2 is 2.00 bits per heavy atom. The van der Waals surface area contributed by atoms with E-state index in [-0.39, 0.29) is 0 Å². The maximum atomic E-state index is 6.08. The minimum atomic E-state index is 0.658. The summed E-state index contributed by atoms with van der Waals surface area (Å²) in [5, 5.41) is 7.01. The Bertz CT molecular complexity index is 589. The second-order valence-corrected chi connectivity index (χ2v) is 5.08. The monoisotopic (exact) mass is 340 g/mol. The molecule has 0 spiro atoms. The molecule has 0 bridgehead atoms. The molecule has 19 heavy (non-hydrogen) atoms. The highest BCUT2D eigenvalue weighted by Gasteiger charge is 2.11. The summed E-state index contributed by atoms with van der Waals surface area (Å²) in [6.45, 7) is 2.07. The molecule has 0 radical (unpaired) electrons. The van der Waals surface area contributed by atoms with Crippen molar-refractivity contribution in [1.82, 2.24) is 9.97 Å². The number of halogens is 2. The van der Waals surface area contributed by atoms with Crippen molar-refractivity contribution in [2.45, 2.75) is 13.3 Å². The first kappa shape index (κ1) is 14.1. The Hall–Kier alpha value is -1.33. The third-order valence-electron chi connectivity index (χ3n) is 2.74. The summed E-state index contributed by atoms with van der Waals surface area (Å²) in [6.07, 6.45) is 2.36. The molecule has 0 aliphatic rings. The predicted octanol–water partition coefficient (Wildman–Crippen LogP) is 4.24. The van der Waals surface area contributed by atoms with Gasteiger partial charge in [-0.3, -0.25) is 0 Å². The fourth-order valence-electron chi connectivity index (χ4n) is 1.80. The lowest BCUT2D eigenvalue weighted by Crippen LogP contribution is -2.05. The third kappa shape index (κ3) is 2.98. The summed E-state index contributed by atoms with van der Waals surface area (Å²) in [7, 11) is 1.85. The lowest BCUT2D eigenvalue weighted by atomic mass is 10.2. The highest BCUT2D eigenvalue weighted by molar-refractivity contribution is 9.10. The number of hydrogen-bond donors (Lipinski definition) is 2. The van der Waals surface area contributed by atoms with E-state index in [1.54, 1.807) is 0 Å². The number of aromatic nitrogens is 2. The van der Waals surface area contributed by atoms with Crippen LogP contribution in [0.1, 0.15) is 12.5 Å². The van der Waals surface area contributed by atoms with E-state index in [1.807, 2.05) is 25.2 Å². The van der Waals surface area contributed by atoms with Crippen LogP contribution in [0, 0.1) is 0 Å². The Balaban J connectivity index is 2.41. The largest absolute Gasteiger partial charge is 0.373 e. The van der Waals surface area contributed by atoms with Crippen molar-refractivity contribution in [1.29, 1.82) is 0 Å². The van der Waals surface area contributed by atoms with Gasteiger partial charge in [0.1, 0.15) is 18.0 Å². The van der Waals surface area contributed by atoms with E-state index < -0.39 is 0 Å². The van der Waals surface area contributed by atoms with Crippen molar-refractivity contribution in [3.63, 3.8) is 0 Å². The van der Waals surface area contributed by atoms with Gasteiger partial charge in [-0.25, -0.2) is 9.97 Å². The van der Waals surface area contributed by atoms with Crippen LogP contribution < -0.4 is 10.6 Å². The number of benzene rings is 1. The Morgan fingerprint density at radius 3 is 2.68 bits per heavy atom. The number of nitrogens with one attached hydrogen (secondary N) is 2. The molecule has 1 aromatic carbocycles. The molecule has 2 aromatic rings. The van der Waals surface area contributed by atoms with Gasteiger partial charge in [0.2, 0.25) is 0 Å². The molecular weight excluding hydrogens is 328 g/mol. The number of anilines is 3. The van der Waals surface area contributed by atoms with Crippen LogP contribution in [0.4, 0.5) is 17.3 Å². The van der Waals surface area contributed by atoms with E-state index in [9.17, 15) is 0 Å². The molecule has 0 amide bonds. The lowest BCUT2D eigenvalue weighted by molar-refractivity contribution is 1.05. The summed E-state index contributed by atoms with van der Waals surface area (Å²) >= 11 is 9.55. The SMILES string of the molecule is CCc1c(NC)ncnc1Nc1cccc(Cl)c1Br. The Labute approximate surface area is 125 Å². The van der Waals surface area contributed by atoms with Crippen molar-refractivity contribution in [2.24, 2.45) is 0 Å². The standard InChI is InChI=1S/C13H14BrClN4/c1-3-8-12(16-2)17-7-18-13(8)19-10-6-4-5-9(15)11(10)14/h4-7H,3H2,1-2H3,(H2,16,17,18,19). The molecule has 0 fully saturated rings. The Kier molecular flexibility index (Phi) is 4.61. The first-order valence-corrected chi connectivity index (χ1v) is 7.07. The molecular formula is C13H14BrClN4. The van der Waals surface area contributed by atoms with Crippen molar-refractivity contribution in [3.05, 3.63) is 39.6 Å². The molecule has 0 unspecified atom stereocenters. The van der Waals surface area contributed by atoms with Crippen LogP contribution in [0.5, 0.6) is 0 Å². The van der Waals surface area contributed by atoms with E-state index in [1.165, 1.54) is 6.33 Å². The lowest BCUT2D eigenvalue weighted by Gasteiger charge is -2.14. The summed E-state index contributed by atoms with van der Waals surface area (Å²) in [4.78, 5) is 8.51. The maximum Gasteiger partial charge on any atom is 0.139 e. The molecule has 100 valence electrons. The van der Waals surface area contributed by atoms with Gasteiger partial charge in [-0.1, -0.05) is 24.6 Å². The van der Waals surface area contributed by atoms with Gasteiger partial charge in [-0.05, 0) is 34.5 Å². The maximum absolute atomic E-state index is 6.08. The normalized spacial score (nSPS) is 10.3. The minimum Gasteiger partial charge on any atom is -0.373 e. The zero-order valence-corrected chi connectivity index (χ0v) is 13.0. The molecule has 2 rings (SSSR count). The topological polar surface area (TPSA) is 49.8 Å². The van der Waals surface area contributed by atoms with E-state index in [2.05, 4.69) is 43.5 Å². The zero-order valence-electron chi connectivity index (χ0n) is 10.7. The van der Waals surface area contributed by atoms with E-state index in [0.717, 1.165) is 33.8 Å². The summed E-state index contributed by atoms with van der Waals surface area (Å²) in [5.74, 6) is 1.61. The first-order valence-electron chi connectivity index (χ1n) is 5.90. The molecule has 1 aromatic heterocycles. The highest BCUT2D eigenvalue weighted by Crippen LogP contribution is 2.33. The van der Waals surface area contributed by atoms with Crippen LogP contribution in [-0.2, 0) is 6.42 Å². The highest BCUT2D eigenvalue weighted by atomic mass is 79.9. The third-order valence-corrected chi connectivity index (χ3v) is 4.14. The molecule has 0 aliphatic carbocycles. The summed E-state index contributed by atoms with van der Waals surface area (Å²) in [5.41, 5.74) is 1.92. The average molecular weight is 342 g/mol. The van der Waals surface area contributed by atoms with Crippen molar-refractivity contribution >= 4 is 44.9 Å². The van der Waals surface area contributed by atoms with Gasteiger partial charge < -0.3 is 10.6 Å². The second-order valence-electron chi connectivity index (χ2n) is 3.88. The van der Waals surface area contributed by atoms with Crippen LogP contribution in [0.25, 0.3) is 0 Å². The summed E-state index contributed by atoms with van der Waals surface area (Å²) < 4.78 is 0.823. The molecule has 4 nitrogen and oxygen atoms in total. The quantitative estimate of drug-likeness (QED) is 0.873. The molecule has 0 aliphatic heterocycles. The van der Waals surface area contributed by atoms with Gasteiger partial charge in [0.25, 0.3) is 0 Å². The molecule has 2 N–H and O–H groups in total. The van der Waals surface area contributed by atoms with Crippen LogP contribution >= 0.6 is 27.5 Å². The predicted molar refractivity (Wildman–Crippen MR) is 83.4 cm³/mol. The number of hydrogen-bond acceptors (Lipinski definition) is 4. The average Bonchev–Trinajstić information content (AvgIpc) is 2.43. The van der Waals surface area contributed by atoms with Gasteiger partial charge in [0.05, 0.1) is 15.2 Å². The van der Waals surface area contributed by atoms with E-state index in [0.29, 0.717) is 5.02 Å². The van der Waals surface area contributed by atoms with Crippen LogP contribution in [0.2, 0.25) is 5.02 Å². The van der Waals surface area contributed by atoms with Crippen molar-refractivity contribution < 1.29 is 0 Å². The van der Waals surface area contributed by atoms with Gasteiger partial charge in [-0.15, -0.1) is 0 Å². The second kappa shape index (κ2) is 6.21. The van der Waals surface area contributed by atoms with Crippen LogP contribution in [0.15, 0.2) is 29.0 Å². The number of rotatable bonds is 4. The molecule has 0 saturated carbocycles.